The molecule has 3 atom stereocenters. The highest BCUT2D eigenvalue weighted by molar-refractivity contribution is 5.28. The van der Waals surface area contributed by atoms with Crippen molar-refractivity contribution in [3.8, 4) is 5.75 Å². The van der Waals surface area contributed by atoms with Gasteiger partial charge in [0.25, 0.3) is 0 Å². The number of rotatable bonds is 6. The second-order valence-electron chi connectivity index (χ2n) is 5.88. The van der Waals surface area contributed by atoms with Crippen LogP contribution < -0.4 is 10.5 Å². The Morgan fingerprint density at radius 2 is 2.15 bits per heavy atom. The molecule has 1 aromatic rings. The van der Waals surface area contributed by atoms with Crippen LogP contribution in [0, 0.1) is 5.92 Å². The van der Waals surface area contributed by atoms with Crippen molar-refractivity contribution in [3.63, 3.8) is 0 Å². The van der Waals surface area contributed by atoms with Crippen LogP contribution in [-0.4, -0.2) is 23.9 Å². The lowest BCUT2D eigenvalue weighted by Gasteiger charge is -2.32. The minimum Gasteiger partial charge on any atom is -0.490 e. The number of aliphatic hydroxyl groups is 1. The molecule has 0 aliphatic heterocycles. The molecule has 0 bridgehead atoms. The number of aliphatic hydroxyl groups excluding tert-OH is 1. The normalized spacial score (nSPS) is 24.4. The third-order valence-electron chi connectivity index (χ3n) is 4.27. The third kappa shape index (κ3) is 4.22. The van der Waals surface area contributed by atoms with Crippen molar-refractivity contribution in [2.45, 2.75) is 57.7 Å². The first-order valence-electron chi connectivity index (χ1n) is 7.84. The van der Waals surface area contributed by atoms with Crippen LogP contribution in [0.4, 0.5) is 0 Å². The van der Waals surface area contributed by atoms with Crippen LogP contribution in [0.15, 0.2) is 24.3 Å². The Morgan fingerprint density at radius 3 is 2.90 bits per heavy atom. The van der Waals surface area contributed by atoms with E-state index >= 15 is 0 Å². The molecule has 0 spiro atoms. The van der Waals surface area contributed by atoms with Gasteiger partial charge < -0.3 is 15.6 Å². The van der Waals surface area contributed by atoms with Crippen molar-refractivity contribution in [1.82, 2.24) is 0 Å². The molecule has 20 heavy (non-hydrogen) atoms. The Morgan fingerprint density at radius 1 is 1.35 bits per heavy atom. The number of hydrogen-bond acceptors (Lipinski definition) is 3. The fraction of sp³-hybridized carbons (Fsp3) is 0.647. The largest absolute Gasteiger partial charge is 0.490 e. The van der Waals surface area contributed by atoms with Gasteiger partial charge in [-0.25, -0.2) is 0 Å². The zero-order valence-corrected chi connectivity index (χ0v) is 12.4. The van der Waals surface area contributed by atoms with Gasteiger partial charge in [0.05, 0.1) is 6.10 Å². The van der Waals surface area contributed by atoms with Crippen molar-refractivity contribution < 1.29 is 9.84 Å². The Kier molecular flexibility index (Phi) is 5.86. The maximum absolute atomic E-state index is 10.1. The first kappa shape index (κ1) is 15.3. The summed E-state index contributed by atoms with van der Waals surface area (Å²) in [7, 11) is 0. The van der Waals surface area contributed by atoms with E-state index in [1.807, 2.05) is 12.1 Å². The molecule has 3 nitrogen and oxygen atoms in total. The minimum atomic E-state index is -0.209. The second kappa shape index (κ2) is 7.65. The molecule has 3 N–H and O–H groups in total. The standard InChI is InChI=1S/C17H27NO2/c1-13(16-9-2-3-10-17(16)19)20-15-8-4-6-14(12-15)7-5-11-18/h4,6,8,12-13,16-17,19H,2-3,5,7,9-11,18H2,1H3/t13?,16?,17-/m1/s1. The molecule has 0 amide bonds. The Hall–Kier alpha value is -1.06. The number of benzene rings is 1. The van der Waals surface area contributed by atoms with Gasteiger partial charge in [-0.05, 0) is 56.8 Å². The SMILES string of the molecule is CC(Oc1cccc(CCCN)c1)C1CCCC[C@H]1O. The van der Waals surface area contributed by atoms with Crippen LogP contribution in [0.5, 0.6) is 5.75 Å². The lowest BCUT2D eigenvalue weighted by Crippen LogP contribution is -2.36. The van der Waals surface area contributed by atoms with Crippen LogP contribution in [0.3, 0.4) is 0 Å². The summed E-state index contributed by atoms with van der Waals surface area (Å²) < 4.78 is 6.05. The molecule has 0 aromatic heterocycles. The highest BCUT2D eigenvalue weighted by atomic mass is 16.5. The quantitative estimate of drug-likeness (QED) is 0.840. The summed E-state index contributed by atoms with van der Waals surface area (Å²) in [6.07, 6.45) is 6.16. The molecular formula is C17H27NO2. The van der Waals surface area contributed by atoms with Gasteiger partial charge in [-0.1, -0.05) is 25.0 Å². The van der Waals surface area contributed by atoms with Gasteiger partial charge in [-0.3, -0.25) is 0 Å². The Labute approximate surface area is 122 Å². The average Bonchev–Trinajstić information content (AvgIpc) is 2.46. The van der Waals surface area contributed by atoms with Gasteiger partial charge in [-0.15, -0.1) is 0 Å². The smallest absolute Gasteiger partial charge is 0.119 e. The molecule has 1 fully saturated rings. The van der Waals surface area contributed by atoms with E-state index in [1.54, 1.807) is 0 Å². The molecule has 112 valence electrons. The lowest BCUT2D eigenvalue weighted by molar-refractivity contribution is 0.00657. The molecule has 1 saturated carbocycles. The summed E-state index contributed by atoms with van der Waals surface area (Å²) in [6, 6.07) is 8.24. The van der Waals surface area contributed by atoms with E-state index in [0.29, 0.717) is 0 Å². The van der Waals surface area contributed by atoms with Crippen molar-refractivity contribution in [3.05, 3.63) is 29.8 Å². The predicted molar refractivity (Wildman–Crippen MR) is 81.9 cm³/mol. The van der Waals surface area contributed by atoms with Gasteiger partial charge in [0, 0.05) is 5.92 Å². The predicted octanol–water partition coefficient (Wildman–Crippen LogP) is 2.90. The third-order valence-corrected chi connectivity index (χ3v) is 4.27. The number of aryl methyl sites for hydroxylation is 1. The summed E-state index contributed by atoms with van der Waals surface area (Å²) >= 11 is 0. The Balaban J connectivity index is 1.94. The monoisotopic (exact) mass is 277 g/mol. The molecule has 0 radical (unpaired) electrons. The lowest BCUT2D eigenvalue weighted by atomic mass is 9.83. The van der Waals surface area contributed by atoms with E-state index in [2.05, 4.69) is 19.1 Å². The van der Waals surface area contributed by atoms with E-state index < -0.39 is 0 Å². The topological polar surface area (TPSA) is 55.5 Å². The summed E-state index contributed by atoms with van der Waals surface area (Å²) in [6.45, 7) is 2.79. The molecule has 1 aliphatic rings. The zero-order valence-electron chi connectivity index (χ0n) is 12.4. The molecule has 1 aliphatic carbocycles. The zero-order chi connectivity index (χ0) is 14.4. The maximum atomic E-state index is 10.1. The summed E-state index contributed by atoms with van der Waals surface area (Å²) in [5.74, 6) is 1.17. The fourth-order valence-electron chi connectivity index (χ4n) is 3.07. The van der Waals surface area contributed by atoms with Crippen molar-refractivity contribution in [2.24, 2.45) is 11.7 Å². The number of ether oxygens (including phenoxy) is 1. The van der Waals surface area contributed by atoms with E-state index in [0.717, 1.165) is 44.4 Å². The first-order chi connectivity index (χ1) is 9.70. The van der Waals surface area contributed by atoms with Crippen LogP contribution >= 0.6 is 0 Å². The van der Waals surface area contributed by atoms with Crippen molar-refractivity contribution in [2.75, 3.05) is 6.54 Å². The molecule has 0 saturated heterocycles. The summed E-state index contributed by atoms with van der Waals surface area (Å²) in [4.78, 5) is 0. The van der Waals surface area contributed by atoms with Crippen LogP contribution in [-0.2, 0) is 6.42 Å². The number of nitrogens with two attached hydrogens (primary N) is 1. The van der Waals surface area contributed by atoms with Crippen molar-refractivity contribution in [1.29, 1.82) is 0 Å². The van der Waals surface area contributed by atoms with Crippen LogP contribution in [0.25, 0.3) is 0 Å². The van der Waals surface area contributed by atoms with Gasteiger partial charge >= 0.3 is 0 Å². The maximum Gasteiger partial charge on any atom is 0.119 e. The molecular weight excluding hydrogens is 250 g/mol. The molecule has 2 unspecified atom stereocenters. The molecule has 1 aromatic carbocycles. The first-order valence-corrected chi connectivity index (χ1v) is 7.84. The van der Waals surface area contributed by atoms with E-state index in [9.17, 15) is 5.11 Å². The molecule has 2 rings (SSSR count). The summed E-state index contributed by atoms with van der Waals surface area (Å²) in [5, 5.41) is 10.1. The molecule has 0 heterocycles. The highest BCUT2D eigenvalue weighted by Crippen LogP contribution is 2.29. The summed E-state index contributed by atoms with van der Waals surface area (Å²) in [5.41, 5.74) is 6.82. The van der Waals surface area contributed by atoms with Crippen LogP contribution in [0.2, 0.25) is 0 Å². The minimum absolute atomic E-state index is 0.0649. The highest BCUT2D eigenvalue weighted by Gasteiger charge is 2.29. The van der Waals surface area contributed by atoms with E-state index in [4.69, 9.17) is 10.5 Å². The van der Waals surface area contributed by atoms with Crippen LogP contribution in [0.1, 0.15) is 44.6 Å². The number of hydrogen-bond donors (Lipinski definition) is 2. The van der Waals surface area contributed by atoms with Crippen molar-refractivity contribution >= 4 is 0 Å². The molecule has 3 heteroatoms. The average molecular weight is 277 g/mol. The van der Waals surface area contributed by atoms with Gasteiger partial charge in [0.15, 0.2) is 0 Å². The van der Waals surface area contributed by atoms with Gasteiger partial charge in [-0.2, -0.15) is 0 Å². The van der Waals surface area contributed by atoms with Gasteiger partial charge in [0.1, 0.15) is 11.9 Å². The fourth-order valence-corrected chi connectivity index (χ4v) is 3.07. The van der Waals surface area contributed by atoms with Gasteiger partial charge in [0.2, 0.25) is 0 Å². The van der Waals surface area contributed by atoms with E-state index in [1.165, 1.54) is 12.0 Å². The second-order valence-corrected chi connectivity index (χ2v) is 5.88. The van der Waals surface area contributed by atoms with E-state index in [-0.39, 0.29) is 18.1 Å². The Bertz CT molecular complexity index is 408.